The van der Waals surface area contributed by atoms with E-state index in [1.165, 1.54) is 6.42 Å². The number of carbonyl (C=O) groups excluding carboxylic acids is 1. The van der Waals surface area contributed by atoms with Gasteiger partial charge < -0.3 is 14.5 Å². The van der Waals surface area contributed by atoms with Crippen molar-refractivity contribution < 1.29 is 13.9 Å². The lowest BCUT2D eigenvalue weighted by atomic mass is 9.94. The molecule has 1 aliphatic heterocycles. The molecule has 6 heteroatoms. The van der Waals surface area contributed by atoms with E-state index in [1.54, 1.807) is 0 Å². The Kier molecular flexibility index (Phi) is 6.14. The summed E-state index contributed by atoms with van der Waals surface area (Å²) in [6.07, 6.45) is 4.87. The Hall–Kier alpha value is -1.56. The molecule has 0 spiro atoms. The van der Waals surface area contributed by atoms with Crippen LogP contribution in [0, 0.1) is 0 Å². The Bertz CT molecular complexity index is 569. The fourth-order valence-electron chi connectivity index (χ4n) is 2.92. The summed E-state index contributed by atoms with van der Waals surface area (Å²) >= 11 is 0. The molecule has 1 amide bonds. The molecule has 0 radical (unpaired) electrons. The summed E-state index contributed by atoms with van der Waals surface area (Å²) in [5.74, 6) is 1.65. The van der Waals surface area contributed by atoms with E-state index < -0.39 is 5.60 Å². The highest BCUT2D eigenvalue weighted by molar-refractivity contribution is 5.67. The summed E-state index contributed by atoms with van der Waals surface area (Å²) in [5, 5.41) is 2.90. The minimum atomic E-state index is -0.474. The summed E-state index contributed by atoms with van der Waals surface area (Å²) < 4.78 is 11.2. The molecule has 1 saturated heterocycles. The van der Waals surface area contributed by atoms with Gasteiger partial charge in [0.05, 0.1) is 12.7 Å². The summed E-state index contributed by atoms with van der Waals surface area (Å²) in [6, 6.07) is 0.284. The third kappa shape index (κ3) is 6.34. The van der Waals surface area contributed by atoms with Gasteiger partial charge in [0.1, 0.15) is 11.4 Å². The molecule has 0 aliphatic carbocycles. The molecule has 1 aromatic heterocycles. The smallest absolute Gasteiger partial charge is 0.407 e. The summed E-state index contributed by atoms with van der Waals surface area (Å²) in [6.45, 7) is 14.2. The van der Waals surface area contributed by atoms with Gasteiger partial charge in [0, 0.05) is 18.0 Å². The first-order valence-electron chi connectivity index (χ1n) is 9.21. The second kappa shape index (κ2) is 7.77. The topological polar surface area (TPSA) is 67.6 Å². The van der Waals surface area contributed by atoms with Crippen LogP contribution in [0.3, 0.4) is 0 Å². The molecule has 1 N–H and O–H groups in total. The maximum atomic E-state index is 11.9. The molecule has 0 bridgehead atoms. The van der Waals surface area contributed by atoms with Gasteiger partial charge in [-0.05, 0) is 40.2 Å². The van der Waals surface area contributed by atoms with E-state index in [0.29, 0.717) is 13.1 Å². The van der Waals surface area contributed by atoms with E-state index in [1.807, 2.05) is 27.0 Å². The van der Waals surface area contributed by atoms with E-state index in [4.69, 9.17) is 9.15 Å². The minimum Gasteiger partial charge on any atom is -0.444 e. The highest BCUT2D eigenvalue weighted by Gasteiger charge is 2.26. The first-order chi connectivity index (χ1) is 11.5. The molecule has 2 rings (SSSR count). The quantitative estimate of drug-likeness (QED) is 0.892. The van der Waals surface area contributed by atoms with Crippen LogP contribution in [0.4, 0.5) is 4.79 Å². The van der Waals surface area contributed by atoms with Crippen LogP contribution in [0.25, 0.3) is 0 Å². The number of ether oxygens (including phenoxy) is 1. The fraction of sp³-hybridized carbons (Fsp3) is 0.789. The Morgan fingerprint density at radius 3 is 2.64 bits per heavy atom. The van der Waals surface area contributed by atoms with Crippen LogP contribution in [-0.2, 0) is 16.7 Å². The van der Waals surface area contributed by atoms with Gasteiger partial charge in [-0.15, -0.1) is 0 Å². The van der Waals surface area contributed by atoms with E-state index in [0.717, 1.165) is 31.0 Å². The highest BCUT2D eigenvalue weighted by atomic mass is 16.6. The van der Waals surface area contributed by atoms with Gasteiger partial charge in [-0.2, -0.15) is 0 Å². The SMILES string of the molecule is CC(C)(C)OC(=O)NC[C@H]1CCCCN1Cc1ncc(C(C)(C)C)o1. The number of carbonyl (C=O) groups is 1. The molecule has 1 atom stereocenters. The van der Waals surface area contributed by atoms with Crippen molar-refractivity contribution in [2.24, 2.45) is 0 Å². The molecule has 142 valence electrons. The normalized spacial score (nSPS) is 19.7. The molecule has 6 nitrogen and oxygen atoms in total. The average Bonchev–Trinajstić information content (AvgIpc) is 2.93. The van der Waals surface area contributed by atoms with Crippen LogP contribution in [0.15, 0.2) is 10.6 Å². The number of rotatable bonds is 4. The second-order valence-corrected chi connectivity index (χ2v) is 8.87. The van der Waals surface area contributed by atoms with Gasteiger partial charge >= 0.3 is 6.09 Å². The van der Waals surface area contributed by atoms with Crippen LogP contribution in [0.5, 0.6) is 0 Å². The lowest BCUT2D eigenvalue weighted by Gasteiger charge is -2.35. The number of oxazole rings is 1. The molecular formula is C19H33N3O3. The van der Waals surface area contributed by atoms with Crippen molar-refractivity contribution in [3.63, 3.8) is 0 Å². The third-order valence-corrected chi connectivity index (χ3v) is 4.26. The molecule has 1 fully saturated rings. The average molecular weight is 351 g/mol. The van der Waals surface area contributed by atoms with Crippen LogP contribution in [0.2, 0.25) is 0 Å². The van der Waals surface area contributed by atoms with Crippen molar-refractivity contribution in [3.05, 3.63) is 17.8 Å². The van der Waals surface area contributed by atoms with Gasteiger partial charge in [0.2, 0.25) is 5.89 Å². The van der Waals surface area contributed by atoms with E-state index in [9.17, 15) is 4.79 Å². The number of amides is 1. The predicted octanol–water partition coefficient (Wildman–Crippen LogP) is 3.85. The van der Waals surface area contributed by atoms with Crippen LogP contribution in [-0.4, -0.2) is 40.7 Å². The van der Waals surface area contributed by atoms with E-state index >= 15 is 0 Å². The lowest BCUT2D eigenvalue weighted by molar-refractivity contribution is 0.0488. The minimum absolute atomic E-state index is 0.0369. The first kappa shape index (κ1) is 19.8. The van der Waals surface area contributed by atoms with Gasteiger partial charge in [-0.3, -0.25) is 4.90 Å². The zero-order valence-corrected chi connectivity index (χ0v) is 16.5. The lowest BCUT2D eigenvalue weighted by Crippen LogP contribution is -2.47. The van der Waals surface area contributed by atoms with Crippen molar-refractivity contribution in [2.75, 3.05) is 13.1 Å². The van der Waals surface area contributed by atoms with Crippen LogP contribution in [0.1, 0.15) is 72.5 Å². The van der Waals surface area contributed by atoms with Gasteiger partial charge in [-0.25, -0.2) is 9.78 Å². The van der Waals surface area contributed by atoms with Crippen molar-refractivity contribution in [1.82, 2.24) is 15.2 Å². The zero-order valence-electron chi connectivity index (χ0n) is 16.5. The Morgan fingerprint density at radius 2 is 2.04 bits per heavy atom. The number of nitrogens with one attached hydrogen (secondary N) is 1. The fourth-order valence-corrected chi connectivity index (χ4v) is 2.92. The number of likely N-dealkylation sites (tertiary alicyclic amines) is 1. The molecule has 0 unspecified atom stereocenters. The number of hydrogen-bond acceptors (Lipinski definition) is 5. The monoisotopic (exact) mass is 351 g/mol. The molecule has 0 saturated carbocycles. The molecule has 25 heavy (non-hydrogen) atoms. The zero-order chi connectivity index (χ0) is 18.7. The summed E-state index contributed by atoms with van der Waals surface area (Å²) in [7, 11) is 0. The largest absolute Gasteiger partial charge is 0.444 e. The maximum Gasteiger partial charge on any atom is 0.407 e. The molecule has 1 aromatic rings. The van der Waals surface area contributed by atoms with E-state index in [2.05, 4.69) is 36.0 Å². The molecule has 1 aliphatic rings. The van der Waals surface area contributed by atoms with E-state index in [-0.39, 0.29) is 17.6 Å². The van der Waals surface area contributed by atoms with Gasteiger partial charge in [0.25, 0.3) is 0 Å². The number of piperidine rings is 1. The highest BCUT2D eigenvalue weighted by Crippen LogP contribution is 2.24. The molecular weight excluding hydrogens is 318 g/mol. The molecule has 2 heterocycles. The maximum absolute atomic E-state index is 11.9. The summed E-state index contributed by atoms with van der Waals surface area (Å²) in [4.78, 5) is 18.7. The number of alkyl carbamates (subject to hydrolysis) is 1. The predicted molar refractivity (Wildman–Crippen MR) is 97.5 cm³/mol. The standard InChI is InChI=1S/C19H33N3O3/c1-18(2,3)15-12-20-16(24-15)13-22-10-8-7-9-14(22)11-21-17(23)25-19(4,5)6/h12,14H,7-11,13H2,1-6H3,(H,21,23)/t14-/m1/s1. The van der Waals surface area contributed by atoms with Gasteiger partial charge in [-0.1, -0.05) is 27.2 Å². The number of hydrogen-bond donors (Lipinski definition) is 1. The van der Waals surface area contributed by atoms with Crippen molar-refractivity contribution >= 4 is 6.09 Å². The Labute approximate surface area is 151 Å². The third-order valence-electron chi connectivity index (χ3n) is 4.26. The van der Waals surface area contributed by atoms with Gasteiger partial charge in [0.15, 0.2) is 0 Å². The Morgan fingerprint density at radius 1 is 1.32 bits per heavy atom. The van der Waals surface area contributed by atoms with Crippen molar-refractivity contribution in [1.29, 1.82) is 0 Å². The number of aromatic nitrogens is 1. The van der Waals surface area contributed by atoms with Crippen molar-refractivity contribution in [2.45, 2.75) is 84.4 Å². The van der Waals surface area contributed by atoms with Crippen LogP contribution >= 0.6 is 0 Å². The Balaban J connectivity index is 1.92. The van der Waals surface area contributed by atoms with Crippen LogP contribution < -0.4 is 5.32 Å². The number of nitrogens with zero attached hydrogens (tertiary/aromatic N) is 2. The summed E-state index contributed by atoms with van der Waals surface area (Å²) in [5.41, 5.74) is -0.511. The van der Waals surface area contributed by atoms with Crippen molar-refractivity contribution in [3.8, 4) is 0 Å². The molecule has 0 aromatic carbocycles. The second-order valence-electron chi connectivity index (χ2n) is 8.87. The first-order valence-corrected chi connectivity index (χ1v) is 9.21.